The van der Waals surface area contributed by atoms with Crippen LogP contribution in [0.1, 0.15) is 18.4 Å². The van der Waals surface area contributed by atoms with Crippen LogP contribution in [0.5, 0.6) is 11.5 Å². The molecule has 3 rings (SSSR count). The second-order valence-corrected chi connectivity index (χ2v) is 5.78. The van der Waals surface area contributed by atoms with E-state index in [2.05, 4.69) is 10.6 Å². The summed E-state index contributed by atoms with van der Waals surface area (Å²) in [6, 6.07) is 17.5. The lowest BCUT2D eigenvalue weighted by Gasteiger charge is -2.22. The van der Waals surface area contributed by atoms with Crippen LogP contribution in [0.15, 0.2) is 54.6 Å². The number of piperidine rings is 1. The van der Waals surface area contributed by atoms with Gasteiger partial charge in [0.15, 0.2) is 0 Å². The molecule has 0 aromatic heterocycles. The Morgan fingerprint density at radius 2 is 1.91 bits per heavy atom. The van der Waals surface area contributed by atoms with Crippen molar-refractivity contribution in [2.45, 2.75) is 19.4 Å². The minimum Gasteiger partial charge on any atom is -0.457 e. The van der Waals surface area contributed by atoms with E-state index < -0.39 is 0 Å². The zero-order chi connectivity index (χ0) is 15.9. The van der Waals surface area contributed by atoms with Gasteiger partial charge in [-0.25, -0.2) is 0 Å². The van der Waals surface area contributed by atoms with Crippen molar-refractivity contribution in [1.29, 1.82) is 0 Å². The Morgan fingerprint density at radius 1 is 1.13 bits per heavy atom. The van der Waals surface area contributed by atoms with E-state index in [0.717, 1.165) is 43.0 Å². The molecule has 23 heavy (non-hydrogen) atoms. The summed E-state index contributed by atoms with van der Waals surface area (Å²) < 4.78 is 5.92. The van der Waals surface area contributed by atoms with E-state index in [0.29, 0.717) is 6.54 Å². The first-order chi connectivity index (χ1) is 11.3. The van der Waals surface area contributed by atoms with Gasteiger partial charge in [0.2, 0.25) is 5.91 Å². The number of para-hydroxylation sites is 2. The van der Waals surface area contributed by atoms with E-state index in [9.17, 15) is 4.79 Å². The molecule has 4 heteroatoms. The fraction of sp³-hybridized carbons (Fsp3) is 0.316. The first kappa shape index (κ1) is 15.6. The van der Waals surface area contributed by atoms with E-state index in [1.165, 1.54) is 0 Å². The minimum atomic E-state index is 0.0750. The molecule has 0 bridgehead atoms. The molecule has 0 spiro atoms. The van der Waals surface area contributed by atoms with Crippen molar-refractivity contribution >= 4 is 5.91 Å². The SMILES string of the molecule is O=C(NCc1ccccc1Oc1ccccc1)C1CCCNC1. The van der Waals surface area contributed by atoms with Gasteiger partial charge in [-0.15, -0.1) is 0 Å². The molecule has 0 saturated carbocycles. The number of benzene rings is 2. The topological polar surface area (TPSA) is 50.4 Å². The van der Waals surface area contributed by atoms with E-state index >= 15 is 0 Å². The lowest BCUT2D eigenvalue weighted by molar-refractivity contribution is -0.125. The molecule has 0 radical (unpaired) electrons. The van der Waals surface area contributed by atoms with Crippen LogP contribution < -0.4 is 15.4 Å². The van der Waals surface area contributed by atoms with Crippen LogP contribution in [-0.2, 0) is 11.3 Å². The number of ether oxygens (including phenoxy) is 1. The molecule has 1 amide bonds. The Balaban J connectivity index is 1.62. The Labute approximate surface area is 136 Å². The van der Waals surface area contributed by atoms with Gasteiger partial charge in [0.05, 0.1) is 5.92 Å². The summed E-state index contributed by atoms with van der Waals surface area (Å²) in [7, 11) is 0. The third-order valence-electron chi connectivity index (χ3n) is 4.06. The van der Waals surface area contributed by atoms with Gasteiger partial charge in [-0.1, -0.05) is 36.4 Å². The first-order valence-electron chi connectivity index (χ1n) is 8.12. The highest BCUT2D eigenvalue weighted by Gasteiger charge is 2.20. The van der Waals surface area contributed by atoms with Gasteiger partial charge in [0, 0.05) is 18.7 Å². The summed E-state index contributed by atoms with van der Waals surface area (Å²) in [5.41, 5.74) is 0.980. The van der Waals surface area contributed by atoms with E-state index in [1.54, 1.807) is 0 Å². The Kier molecular flexibility index (Phi) is 5.27. The molecule has 1 fully saturated rings. The number of hydrogen-bond donors (Lipinski definition) is 2. The summed E-state index contributed by atoms with van der Waals surface area (Å²) in [5, 5.41) is 6.31. The molecule has 1 unspecified atom stereocenters. The highest BCUT2D eigenvalue weighted by molar-refractivity contribution is 5.79. The molecule has 1 heterocycles. The molecule has 120 valence electrons. The lowest BCUT2D eigenvalue weighted by atomic mass is 9.99. The maximum atomic E-state index is 12.2. The maximum Gasteiger partial charge on any atom is 0.224 e. The molecular formula is C19H22N2O2. The fourth-order valence-corrected chi connectivity index (χ4v) is 2.77. The van der Waals surface area contributed by atoms with Gasteiger partial charge < -0.3 is 15.4 Å². The molecule has 2 aromatic rings. The normalized spacial score (nSPS) is 17.5. The quantitative estimate of drug-likeness (QED) is 0.892. The monoisotopic (exact) mass is 310 g/mol. The summed E-state index contributed by atoms with van der Waals surface area (Å²) in [6.45, 7) is 2.27. The number of nitrogens with one attached hydrogen (secondary N) is 2. The number of amides is 1. The van der Waals surface area contributed by atoms with Gasteiger partial charge in [-0.3, -0.25) is 4.79 Å². The third-order valence-corrected chi connectivity index (χ3v) is 4.06. The van der Waals surface area contributed by atoms with Crippen molar-refractivity contribution in [3.05, 3.63) is 60.2 Å². The predicted octanol–water partition coefficient (Wildman–Crippen LogP) is 3.09. The maximum absolute atomic E-state index is 12.2. The molecular weight excluding hydrogens is 288 g/mol. The molecule has 1 aliphatic heterocycles. The van der Waals surface area contributed by atoms with Crippen LogP contribution >= 0.6 is 0 Å². The van der Waals surface area contributed by atoms with Crippen LogP contribution in [0, 0.1) is 5.92 Å². The lowest BCUT2D eigenvalue weighted by Crippen LogP contribution is -2.40. The Bertz CT molecular complexity index is 637. The van der Waals surface area contributed by atoms with Crippen LogP contribution in [0.3, 0.4) is 0 Å². The molecule has 1 aliphatic rings. The molecule has 1 atom stereocenters. The molecule has 4 nitrogen and oxygen atoms in total. The van der Waals surface area contributed by atoms with Crippen LogP contribution in [-0.4, -0.2) is 19.0 Å². The van der Waals surface area contributed by atoms with E-state index in [4.69, 9.17) is 4.74 Å². The highest BCUT2D eigenvalue weighted by atomic mass is 16.5. The molecule has 2 N–H and O–H groups in total. The average Bonchev–Trinajstić information content (AvgIpc) is 2.62. The Morgan fingerprint density at radius 3 is 2.70 bits per heavy atom. The summed E-state index contributed by atoms with van der Waals surface area (Å²) in [6.07, 6.45) is 2.02. The summed E-state index contributed by atoms with van der Waals surface area (Å²) >= 11 is 0. The Hall–Kier alpha value is -2.33. The molecule has 1 saturated heterocycles. The van der Waals surface area contributed by atoms with E-state index in [-0.39, 0.29) is 11.8 Å². The van der Waals surface area contributed by atoms with Crippen molar-refractivity contribution in [2.75, 3.05) is 13.1 Å². The van der Waals surface area contributed by atoms with Gasteiger partial charge in [-0.05, 0) is 37.6 Å². The van der Waals surface area contributed by atoms with Crippen LogP contribution in [0.4, 0.5) is 0 Å². The first-order valence-corrected chi connectivity index (χ1v) is 8.12. The number of carbonyl (C=O) groups excluding carboxylic acids is 1. The number of carbonyl (C=O) groups is 1. The van der Waals surface area contributed by atoms with Crippen molar-refractivity contribution in [1.82, 2.24) is 10.6 Å². The second kappa shape index (κ2) is 7.79. The minimum absolute atomic E-state index is 0.0750. The van der Waals surface area contributed by atoms with Crippen molar-refractivity contribution in [3.63, 3.8) is 0 Å². The van der Waals surface area contributed by atoms with Gasteiger partial charge >= 0.3 is 0 Å². The van der Waals surface area contributed by atoms with Crippen molar-refractivity contribution in [3.8, 4) is 11.5 Å². The van der Waals surface area contributed by atoms with Crippen LogP contribution in [0.25, 0.3) is 0 Å². The predicted molar refractivity (Wildman–Crippen MR) is 90.4 cm³/mol. The second-order valence-electron chi connectivity index (χ2n) is 5.78. The van der Waals surface area contributed by atoms with Gasteiger partial charge in [-0.2, -0.15) is 0 Å². The largest absolute Gasteiger partial charge is 0.457 e. The third kappa shape index (κ3) is 4.33. The zero-order valence-electron chi connectivity index (χ0n) is 13.1. The molecule has 0 aliphatic carbocycles. The van der Waals surface area contributed by atoms with Crippen molar-refractivity contribution in [2.24, 2.45) is 5.92 Å². The number of hydrogen-bond acceptors (Lipinski definition) is 3. The average molecular weight is 310 g/mol. The van der Waals surface area contributed by atoms with Crippen LogP contribution in [0.2, 0.25) is 0 Å². The smallest absolute Gasteiger partial charge is 0.224 e. The highest BCUT2D eigenvalue weighted by Crippen LogP contribution is 2.25. The van der Waals surface area contributed by atoms with E-state index in [1.807, 2.05) is 54.6 Å². The summed E-state index contributed by atoms with van der Waals surface area (Å²) in [5.74, 6) is 1.76. The number of rotatable bonds is 5. The standard InChI is InChI=1S/C19H22N2O2/c22-19(16-8-6-12-20-13-16)21-14-15-7-4-5-11-18(15)23-17-9-2-1-3-10-17/h1-5,7,9-11,16,20H,6,8,12-14H2,(H,21,22). The fourth-order valence-electron chi connectivity index (χ4n) is 2.77. The van der Waals surface area contributed by atoms with Gasteiger partial charge in [0.25, 0.3) is 0 Å². The summed E-state index contributed by atoms with van der Waals surface area (Å²) in [4.78, 5) is 12.2. The zero-order valence-corrected chi connectivity index (χ0v) is 13.1. The van der Waals surface area contributed by atoms with Gasteiger partial charge in [0.1, 0.15) is 11.5 Å². The van der Waals surface area contributed by atoms with Crippen molar-refractivity contribution < 1.29 is 9.53 Å². The molecule has 2 aromatic carbocycles.